The van der Waals surface area contributed by atoms with Gasteiger partial charge in [-0.1, -0.05) is 0 Å². The Hall–Kier alpha value is -1.73. The molecule has 1 aliphatic heterocycles. The van der Waals surface area contributed by atoms with Gasteiger partial charge >= 0.3 is 0 Å². The minimum atomic E-state index is 0.192. The van der Waals surface area contributed by atoms with Crippen LogP contribution in [0.2, 0.25) is 5.28 Å². The first-order valence-corrected chi connectivity index (χ1v) is 7.28. The molecule has 0 aromatic carbocycles. The molecule has 3 rings (SSSR count). The smallest absolute Gasteiger partial charge is 0.241 e. The fourth-order valence-corrected chi connectivity index (χ4v) is 2.73. The van der Waals surface area contributed by atoms with Gasteiger partial charge in [-0.15, -0.1) is 0 Å². The second kappa shape index (κ2) is 6.36. The predicted molar refractivity (Wildman–Crippen MR) is 78.8 cm³/mol. The molecule has 3 heterocycles. The Kier molecular flexibility index (Phi) is 4.31. The first kappa shape index (κ1) is 14.2. The highest BCUT2D eigenvalue weighted by molar-refractivity contribution is 6.28. The quantitative estimate of drug-likeness (QED) is 0.854. The fourth-order valence-electron chi connectivity index (χ4n) is 2.58. The molecule has 0 N–H and O–H groups in total. The molecule has 0 amide bonds. The van der Waals surface area contributed by atoms with Gasteiger partial charge in [0.25, 0.3) is 0 Å². The molecular formula is C13H17ClN6O. The van der Waals surface area contributed by atoms with E-state index >= 15 is 0 Å². The molecule has 21 heavy (non-hydrogen) atoms. The van der Waals surface area contributed by atoms with Crippen molar-refractivity contribution in [2.24, 2.45) is 5.92 Å². The summed E-state index contributed by atoms with van der Waals surface area (Å²) in [6.07, 6.45) is 7.35. The maximum Gasteiger partial charge on any atom is 0.241 e. The van der Waals surface area contributed by atoms with Crippen molar-refractivity contribution in [3.63, 3.8) is 0 Å². The molecule has 0 radical (unpaired) electrons. The van der Waals surface area contributed by atoms with Gasteiger partial charge in [0.1, 0.15) is 6.33 Å². The monoisotopic (exact) mass is 308 g/mol. The van der Waals surface area contributed by atoms with Crippen molar-refractivity contribution in [3.8, 4) is 5.95 Å². The Morgan fingerprint density at radius 1 is 1.33 bits per heavy atom. The molecule has 7 nitrogen and oxygen atoms in total. The van der Waals surface area contributed by atoms with Crippen molar-refractivity contribution in [2.45, 2.75) is 12.8 Å². The standard InChI is InChI=1S/C13H17ClN6O/c1-21-8-10-3-2-5-19(7-10)12-16-11(14)17-13(18-12)20-6-4-15-9-20/h4,6,9-10H,2-3,5,7-8H2,1H3. The Balaban J connectivity index is 1.84. The number of methoxy groups -OCH3 is 1. The molecular weight excluding hydrogens is 292 g/mol. The molecule has 112 valence electrons. The number of nitrogens with zero attached hydrogens (tertiary/aromatic N) is 6. The van der Waals surface area contributed by atoms with Crippen molar-refractivity contribution in [1.82, 2.24) is 24.5 Å². The van der Waals surface area contributed by atoms with Crippen molar-refractivity contribution in [3.05, 3.63) is 24.0 Å². The first-order chi connectivity index (χ1) is 10.3. The largest absolute Gasteiger partial charge is 0.384 e. The number of hydrogen-bond acceptors (Lipinski definition) is 6. The maximum absolute atomic E-state index is 6.04. The van der Waals surface area contributed by atoms with Gasteiger partial charge in [0.2, 0.25) is 17.2 Å². The summed E-state index contributed by atoms with van der Waals surface area (Å²) < 4.78 is 6.97. The molecule has 1 saturated heterocycles. The normalized spacial score (nSPS) is 19.0. The maximum atomic E-state index is 6.04. The molecule has 8 heteroatoms. The molecule has 1 aliphatic rings. The van der Waals surface area contributed by atoms with Crippen LogP contribution in [0.15, 0.2) is 18.7 Å². The van der Waals surface area contributed by atoms with Crippen LogP contribution in [0, 0.1) is 5.92 Å². The van der Waals surface area contributed by atoms with E-state index in [4.69, 9.17) is 16.3 Å². The summed E-state index contributed by atoms with van der Waals surface area (Å²) in [5.41, 5.74) is 0. The second-order valence-electron chi connectivity index (χ2n) is 5.08. The SMILES string of the molecule is COCC1CCCN(c2nc(Cl)nc(-n3ccnc3)n2)C1. The van der Waals surface area contributed by atoms with Crippen LogP contribution in [0.4, 0.5) is 5.95 Å². The van der Waals surface area contributed by atoms with Crippen LogP contribution in [-0.2, 0) is 4.74 Å². The van der Waals surface area contributed by atoms with E-state index in [1.54, 1.807) is 30.4 Å². The van der Waals surface area contributed by atoms with E-state index in [0.29, 0.717) is 17.8 Å². The van der Waals surface area contributed by atoms with Gasteiger partial charge in [0.15, 0.2) is 0 Å². The van der Waals surface area contributed by atoms with Gasteiger partial charge in [-0.05, 0) is 30.4 Å². The highest BCUT2D eigenvalue weighted by Gasteiger charge is 2.22. The van der Waals surface area contributed by atoms with Crippen molar-refractivity contribution in [1.29, 1.82) is 0 Å². The molecule has 1 fully saturated rings. The topological polar surface area (TPSA) is 69.0 Å². The minimum Gasteiger partial charge on any atom is -0.384 e. The summed E-state index contributed by atoms with van der Waals surface area (Å²) in [5.74, 6) is 1.59. The lowest BCUT2D eigenvalue weighted by Crippen LogP contribution is -2.38. The summed E-state index contributed by atoms with van der Waals surface area (Å²) in [6, 6.07) is 0. The number of anilines is 1. The number of rotatable bonds is 4. The zero-order valence-corrected chi connectivity index (χ0v) is 12.6. The summed E-state index contributed by atoms with van der Waals surface area (Å²) in [5, 5.41) is 0.192. The van der Waals surface area contributed by atoms with Crippen molar-refractivity contribution < 1.29 is 4.74 Å². The zero-order chi connectivity index (χ0) is 14.7. The molecule has 0 saturated carbocycles. The summed E-state index contributed by atoms with van der Waals surface area (Å²) in [4.78, 5) is 19.0. The van der Waals surface area contributed by atoms with Gasteiger partial charge in [-0.2, -0.15) is 15.0 Å². The lowest BCUT2D eigenvalue weighted by atomic mass is 9.99. The molecule has 0 aliphatic carbocycles. The Morgan fingerprint density at radius 3 is 2.95 bits per heavy atom. The van der Waals surface area contributed by atoms with Crippen molar-refractivity contribution >= 4 is 17.5 Å². The number of ether oxygens (including phenoxy) is 1. The summed E-state index contributed by atoms with van der Waals surface area (Å²) >= 11 is 6.04. The summed E-state index contributed by atoms with van der Waals surface area (Å²) in [6.45, 7) is 2.55. The number of hydrogen-bond donors (Lipinski definition) is 0. The van der Waals surface area contributed by atoms with Gasteiger partial charge < -0.3 is 9.64 Å². The number of piperidine rings is 1. The highest BCUT2D eigenvalue weighted by atomic mass is 35.5. The van der Waals surface area contributed by atoms with E-state index in [0.717, 1.165) is 32.5 Å². The Morgan fingerprint density at radius 2 is 2.19 bits per heavy atom. The van der Waals surface area contributed by atoms with Crippen LogP contribution in [0.25, 0.3) is 5.95 Å². The molecule has 2 aromatic heterocycles. The van der Waals surface area contributed by atoms with Crippen LogP contribution >= 0.6 is 11.6 Å². The van der Waals surface area contributed by atoms with Crippen LogP contribution in [-0.4, -0.2) is 51.3 Å². The average Bonchev–Trinajstić information content (AvgIpc) is 3.01. The van der Waals surface area contributed by atoms with Crippen molar-refractivity contribution in [2.75, 3.05) is 31.7 Å². The number of aromatic nitrogens is 5. The molecule has 0 spiro atoms. The zero-order valence-electron chi connectivity index (χ0n) is 11.8. The van der Waals surface area contributed by atoms with E-state index in [1.807, 2.05) is 0 Å². The van der Waals surface area contributed by atoms with E-state index in [1.165, 1.54) is 0 Å². The van der Waals surface area contributed by atoms with Gasteiger partial charge in [0.05, 0.1) is 6.61 Å². The Bertz CT molecular complexity index is 588. The second-order valence-corrected chi connectivity index (χ2v) is 5.42. The Labute approximate surface area is 128 Å². The summed E-state index contributed by atoms with van der Waals surface area (Å²) in [7, 11) is 1.73. The molecule has 0 bridgehead atoms. The van der Waals surface area contributed by atoms with Crippen LogP contribution in [0.5, 0.6) is 0 Å². The third-order valence-corrected chi connectivity index (χ3v) is 3.69. The van der Waals surface area contributed by atoms with E-state index in [-0.39, 0.29) is 5.28 Å². The lowest BCUT2D eigenvalue weighted by Gasteiger charge is -2.32. The first-order valence-electron chi connectivity index (χ1n) is 6.90. The fraction of sp³-hybridized carbons (Fsp3) is 0.538. The average molecular weight is 309 g/mol. The highest BCUT2D eigenvalue weighted by Crippen LogP contribution is 2.22. The van der Waals surface area contributed by atoms with E-state index < -0.39 is 0 Å². The molecule has 1 atom stereocenters. The number of halogens is 1. The van der Waals surface area contributed by atoms with Gasteiger partial charge in [-0.25, -0.2) is 4.98 Å². The molecule has 1 unspecified atom stereocenters. The number of imidazole rings is 1. The third kappa shape index (κ3) is 3.30. The van der Waals surface area contributed by atoms with E-state index in [2.05, 4.69) is 24.8 Å². The lowest BCUT2D eigenvalue weighted by molar-refractivity contribution is 0.143. The third-order valence-electron chi connectivity index (χ3n) is 3.52. The van der Waals surface area contributed by atoms with Gasteiger partial charge in [-0.3, -0.25) is 4.57 Å². The van der Waals surface area contributed by atoms with Crippen LogP contribution in [0.3, 0.4) is 0 Å². The van der Waals surface area contributed by atoms with E-state index in [9.17, 15) is 0 Å². The van der Waals surface area contributed by atoms with Crippen LogP contribution < -0.4 is 4.90 Å². The predicted octanol–water partition coefficient (Wildman–Crippen LogP) is 1.57. The molecule has 2 aromatic rings. The van der Waals surface area contributed by atoms with Gasteiger partial charge in [0, 0.05) is 32.6 Å². The van der Waals surface area contributed by atoms with Crippen LogP contribution in [0.1, 0.15) is 12.8 Å². The minimum absolute atomic E-state index is 0.192.